The van der Waals surface area contributed by atoms with Crippen molar-refractivity contribution in [3.8, 4) is 0 Å². The third kappa shape index (κ3) is 2.64. The molecule has 2 fully saturated rings. The number of hydrogen-bond acceptors (Lipinski definition) is 3. The van der Waals surface area contributed by atoms with Gasteiger partial charge in [-0.3, -0.25) is 14.2 Å². The normalized spacial score (nSPS) is 20.8. The topological polar surface area (TPSA) is 56.0 Å². The number of carbonyl (C=O) groups is 1. The van der Waals surface area contributed by atoms with Crippen LogP contribution in [0.4, 0.5) is 0 Å². The number of carbonyl (C=O) groups excluding carboxylic acids is 1. The first kappa shape index (κ1) is 15.4. The van der Waals surface area contributed by atoms with E-state index in [1.807, 2.05) is 28.2 Å². The Bertz CT molecular complexity index is 770. The number of aromatic nitrogens is 4. The summed E-state index contributed by atoms with van der Waals surface area (Å²) in [4.78, 5) is 15.2. The molecule has 0 N–H and O–H groups in total. The van der Waals surface area contributed by atoms with E-state index in [1.165, 1.54) is 12.8 Å². The first-order chi connectivity index (χ1) is 11.5. The van der Waals surface area contributed by atoms with E-state index in [2.05, 4.69) is 23.2 Å². The van der Waals surface area contributed by atoms with Crippen molar-refractivity contribution in [2.45, 2.75) is 58.0 Å². The Kier molecular flexibility index (Phi) is 3.70. The Morgan fingerprint density at radius 1 is 1.29 bits per heavy atom. The molecular formula is C18H25N5O. The fourth-order valence-electron chi connectivity index (χ4n) is 3.96. The lowest BCUT2D eigenvalue weighted by Gasteiger charge is -2.25. The van der Waals surface area contributed by atoms with Gasteiger partial charge in [-0.15, -0.1) is 0 Å². The van der Waals surface area contributed by atoms with E-state index in [-0.39, 0.29) is 11.9 Å². The fraction of sp³-hybridized carbons (Fsp3) is 0.611. The minimum absolute atomic E-state index is 0.147. The molecule has 4 rings (SSSR count). The molecule has 0 radical (unpaired) electrons. The molecule has 2 aromatic rings. The second kappa shape index (κ2) is 5.76. The van der Waals surface area contributed by atoms with E-state index >= 15 is 0 Å². The van der Waals surface area contributed by atoms with Crippen LogP contribution in [0, 0.1) is 13.8 Å². The van der Waals surface area contributed by atoms with Crippen molar-refractivity contribution in [2.24, 2.45) is 7.05 Å². The highest BCUT2D eigenvalue weighted by atomic mass is 16.2. The Morgan fingerprint density at radius 3 is 2.75 bits per heavy atom. The molecule has 6 heteroatoms. The van der Waals surface area contributed by atoms with Gasteiger partial charge in [0.25, 0.3) is 5.91 Å². The third-order valence-electron chi connectivity index (χ3n) is 5.30. The zero-order valence-corrected chi connectivity index (χ0v) is 14.7. The molecule has 2 aromatic heterocycles. The molecule has 1 saturated carbocycles. The van der Waals surface area contributed by atoms with Crippen LogP contribution < -0.4 is 0 Å². The van der Waals surface area contributed by atoms with Crippen LogP contribution in [0.5, 0.6) is 0 Å². The number of likely N-dealkylation sites (tertiary alicyclic amines) is 1. The van der Waals surface area contributed by atoms with E-state index in [0.717, 1.165) is 48.6 Å². The quantitative estimate of drug-likeness (QED) is 0.866. The molecule has 1 aliphatic carbocycles. The van der Waals surface area contributed by atoms with Crippen molar-refractivity contribution >= 4 is 5.91 Å². The molecule has 2 aliphatic rings. The smallest absolute Gasteiger partial charge is 0.257 e. The Hall–Kier alpha value is -2.11. The maximum Gasteiger partial charge on any atom is 0.257 e. The summed E-state index contributed by atoms with van der Waals surface area (Å²) in [7, 11) is 1.95. The standard InChI is InChI=1S/C18H25N5O/c1-12-9-13(2)23(20-12)11-15-5-4-8-22(15)18(24)16-10-19-21(3)17(16)14-6-7-14/h9-10,14-15H,4-8,11H2,1-3H3/t15-/m0/s1. The maximum atomic E-state index is 13.1. The zero-order chi connectivity index (χ0) is 16.8. The number of rotatable bonds is 4. The summed E-state index contributed by atoms with van der Waals surface area (Å²) in [6, 6.07) is 2.32. The van der Waals surface area contributed by atoms with Crippen LogP contribution in [-0.2, 0) is 13.6 Å². The molecule has 24 heavy (non-hydrogen) atoms. The van der Waals surface area contributed by atoms with Gasteiger partial charge in [0.15, 0.2) is 0 Å². The summed E-state index contributed by atoms with van der Waals surface area (Å²) in [5, 5.41) is 8.91. The van der Waals surface area contributed by atoms with Crippen LogP contribution in [0.3, 0.4) is 0 Å². The van der Waals surface area contributed by atoms with Gasteiger partial charge in [0, 0.05) is 25.2 Å². The zero-order valence-electron chi connectivity index (χ0n) is 14.7. The average Bonchev–Trinajstić information content (AvgIpc) is 2.99. The largest absolute Gasteiger partial charge is 0.334 e. The Morgan fingerprint density at radius 2 is 2.08 bits per heavy atom. The maximum absolute atomic E-state index is 13.1. The molecule has 3 heterocycles. The molecular weight excluding hydrogens is 302 g/mol. The van der Waals surface area contributed by atoms with E-state index < -0.39 is 0 Å². The number of aryl methyl sites for hydroxylation is 3. The molecule has 6 nitrogen and oxygen atoms in total. The molecule has 1 atom stereocenters. The summed E-state index contributed by atoms with van der Waals surface area (Å²) in [6.45, 7) is 5.71. The lowest BCUT2D eigenvalue weighted by molar-refractivity contribution is 0.0719. The van der Waals surface area contributed by atoms with Gasteiger partial charge in [-0.1, -0.05) is 0 Å². The lowest BCUT2D eigenvalue weighted by Crippen LogP contribution is -2.38. The monoisotopic (exact) mass is 327 g/mol. The van der Waals surface area contributed by atoms with Crippen molar-refractivity contribution in [2.75, 3.05) is 6.54 Å². The predicted octanol–water partition coefficient (Wildman–Crippen LogP) is 2.42. The fourth-order valence-corrected chi connectivity index (χ4v) is 3.96. The minimum atomic E-state index is 0.147. The van der Waals surface area contributed by atoms with Gasteiger partial charge in [-0.05, 0) is 45.6 Å². The third-order valence-corrected chi connectivity index (χ3v) is 5.30. The second-order valence-corrected chi connectivity index (χ2v) is 7.25. The van der Waals surface area contributed by atoms with Gasteiger partial charge in [0.05, 0.1) is 35.7 Å². The molecule has 0 bridgehead atoms. The van der Waals surface area contributed by atoms with Crippen LogP contribution in [0.2, 0.25) is 0 Å². The SMILES string of the molecule is Cc1cc(C)n(C[C@@H]2CCCN2C(=O)c2cnn(C)c2C2CC2)n1. The summed E-state index contributed by atoms with van der Waals surface area (Å²) in [5.41, 5.74) is 4.12. The molecule has 1 amide bonds. The van der Waals surface area contributed by atoms with Crippen molar-refractivity contribution in [1.29, 1.82) is 0 Å². The Balaban J connectivity index is 1.56. The van der Waals surface area contributed by atoms with Crippen LogP contribution in [0.1, 0.15) is 59.0 Å². The molecule has 1 saturated heterocycles. The predicted molar refractivity (Wildman–Crippen MR) is 90.9 cm³/mol. The molecule has 0 aromatic carbocycles. The van der Waals surface area contributed by atoms with Gasteiger partial charge >= 0.3 is 0 Å². The first-order valence-electron chi connectivity index (χ1n) is 8.88. The lowest BCUT2D eigenvalue weighted by atomic mass is 10.1. The van der Waals surface area contributed by atoms with Gasteiger partial charge < -0.3 is 4.90 Å². The van der Waals surface area contributed by atoms with E-state index in [4.69, 9.17) is 0 Å². The van der Waals surface area contributed by atoms with Gasteiger partial charge in [0.2, 0.25) is 0 Å². The molecule has 0 spiro atoms. The molecule has 1 aliphatic heterocycles. The van der Waals surface area contributed by atoms with Crippen molar-refractivity contribution in [3.63, 3.8) is 0 Å². The van der Waals surface area contributed by atoms with Gasteiger partial charge in [-0.25, -0.2) is 0 Å². The van der Waals surface area contributed by atoms with Crippen LogP contribution in [0.25, 0.3) is 0 Å². The van der Waals surface area contributed by atoms with E-state index in [0.29, 0.717) is 5.92 Å². The van der Waals surface area contributed by atoms with E-state index in [9.17, 15) is 4.79 Å². The van der Waals surface area contributed by atoms with Crippen LogP contribution in [-0.4, -0.2) is 43.0 Å². The first-order valence-corrected chi connectivity index (χ1v) is 8.88. The van der Waals surface area contributed by atoms with Crippen LogP contribution in [0.15, 0.2) is 12.3 Å². The van der Waals surface area contributed by atoms with Crippen LogP contribution >= 0.6 is 0 Å². The average molecular weight is 327 g/mol. The van der Waals surface area contributed by atoms with Gasteiger partial charge in [-0.2, -0.15) is 10.2 Å². The highest BCUT2D eigenvalue weighted by Gasteiger charge is 2.36. The second-order valence-electron chi connectivity index (χ2n) is 7.25. The number of hydrogen-bond donors (Lipinski definition) is 0. The summed E-state index contributed by atoms with van der Waals surface area (Å²) in [5.74, 6) is 0.669. The summed E-state index contributed by atoms with van der Waals surface area (Å²) in [6.07, 6.45) is 6.22. The van der Waals surface area contributed by atoms with Crippen molar-refractivity contribution in [1.82, 2.24) is 24.5 Å². The minimum Gasteiger partial charge on any atom is -0.334 e. The number of nitrogens with zero attached hydrogens (tertiary/aromatic N) is 5. The van der Waals surface area contributed by atoms with E-state index in [1.54, 1.807) is 6.20 Å². The van der Waals surface area contributed by atoms with Gasteiger partial charge in [0.1, 0.15) is 0 Å². The molecule has 0 unspecified atom stereocenters. The highest BCUT2D eigenvalue weighted by molar-refractivity contribution is 5.95. The summed E-state index contributed by atoms with van der Waals surface area (Å²) < 4.78 is 3.92. The summed E-state index contributed by atoms with van der Waals surface area (Å²) >= 11 is 0. The highest BCUT2D eigenvalue weighted by Crippen LogP contribution is 2.41. The molecule has 128 valence electrons. The Labute approximate surface area is 142 Å². The van der Waals surface area contributed by atoms with Crippen molar-refractivity contribution < 1.29 is 4.79 Å². The van der Waals surface area contributed by atoms with Crippen molar-refractivity contribution in [3.05, 3.63) is 34.9 Å². The number of amides is 1.